The lowest BCUT2D eigenvalue weighted by Crippen LogP contribution is -2.37. The third kappa shape index (κ3) is 2.38. The van der Waals surface area contributed by atoms with Crippen molar-refractivity contribution in [3.63, 3.8) is 0 Å². The second-order valence-electron chi connectivity index (χ2n) is 4.98. The number of rotatable bonds is 2. The predicted molar refractivity (Wildman–Crippen MR) is 69.7 cm³/mol. The maximum absolute atomic E-state index is 12.3. The first kappa shape index (κ1) is 12.0. The quantitative estimate of drug-likeness (QED) is 0.880. The number of carbonyl (C=O) groups excluding carboxylic acids is 1. The van der Waals surface area contributed by atoms with Crippen LogP contribution in [0.1, 0.15) is 34.8 Å². The molecule has 0 unspecified atom stereocenters. The van der Waals surface area contributed by atoms with Crippen molar-refractivity contribution >= 4 is 5.91 Å². The van der Waals surface area contributed by atoms with E-state index in [1.807, 2.05) is 18.0 Å². The van der Waals surface area contributed by atoms with Gasteiger partial charge in [0.15, 0.2) is 0 Å². The monoisotopic (exact) mass is 259 g/mol. The molecule has 1 aliphatic rings. The highest BCUT2D eigenvalue weighted by molar-refractivity contribution is 5.93. The molecule has 0 radical (unpaired) electrons. The Bertz CT molecular complexity index is 551. The zero-order chi connectivity index (χ0) is 13.2. The molecule has 1 fully saturated rings. The summed E-state index contributed by atoms with van der Waals surface area (Å²) in [5, 5.41) is 11.0. The Kier molecular flexibility index (Phi) is 3.06. The Balaban J connectivity index is 1.62. The molecule has 2 aromatic rings. The van der Waals surface area contributed by atoms with Gasteiger partial charge in [-0.1, -0.05) is 0 Å². The van der Waals surface area contributed by atoms with E-state index >= 15 is 0 Å². The first-order valence-corrected chi connectivity index (χ1v) is 6.51. The second-order valence-corrected chi connectivity index (χ2v) is 4.98. The van der Waals surface area contributed by atoms with E-state index < -0.39 is 0 Å². The fourth-order valence-electron chi connectivity index (χ4n) is 2.60. The fourth-order valence-corrected chi connectivity index (χ4v) is 2.60. The first-order chi connectivity index (χ1) is 9.24. The van der Waals surface area contributed by atoms with E-state index in [-0.39, 0.29) is 5.91 Å². The zero-order valence-electron chi connectivity index (χ0n) is 10.9. The highest BCUT2D eigenvalue weighted by Gasteiger charge is 2.25. The van der Waals surface area contributed by atoms with Crippen LogP contribution in [0.3, 0.4) is 0 Å². The first-order valence-electron chi connectivity index (χ1n) is 6.51. The normalized spacial score (nSPS) is 16.8. The minimum atomic E-state index is 0.0798. The lowest BCUT2D eigenvalue weighted by molar-refractivity contribution is 0.0712. The lowest BCUT2D eigenvalue weighted by atomic mass is 9.93. The molecule has 0 spiro atoms. The van der Waals surface area contributed by atoms with Crippen LogP contribution in [0.5, 0.6) is 0 Å². The molecule has 0 aliphatic carbocycles. The Hall–Kier alpha value is -2.11. The Labute approximate surface area is 111 Å². The van der Waals surface area contributed by atoms with E-state index in [1.165, 1.54) is 5.69 Å². The lowest BCUT2D eigenvalue weighted by Gasteiger charge is -2.31. The number of likely N-dealkylation sites (tertiary alicyclic amines) is 1. The minimum absolute atomic E-state index is 0.0798. The van der Waals surface area contributed by atoms with Gasteiger partial charge in [0.2, 0.25) is 0 Å². The standard InChI is InChI=1S/C13H17N5O/c1-17-9-11(8-15-17)13(19)18-6-3-10(4-7-18)12-2-5-14-16-12/h2,5,8-10H,3-4,6-7H2,1H3,(H,14,16). The predicted octanol–water partition coefficient (Wildman–Crippen LogP) is 1.16. The average molecular weight is 259 g/mol. The molecule has 0 aromatic carbocycles. The van der Waals surface area contributed by atoms with Gasteiger partial charge < -0.3 is 4.90 Å². The van der Waals surface area contributed by atoms with Gasteiger partial charge in [0, 0.05) is 44.1 Å². The summed E-state index contributed by atoms with van der Waals surface area (Å²) in [6.07, 6.45) is 7.14. The van der Waals surface area contributed by atoms with Crippen LogP contribution < -0.4 is 0 Å². The Morgan fingerprint density at radius 1 is 1.42 bits per heavy atom. The summed E-state index contributed by atoms with van der Waals surface area (Å²) < 4.78 is 1.66. The molecule has 100 valence electrons. The number of amides is 1. The van der Waals surface area contributed by atoms with Gasteiger partial charge >= 0.3 is 0 Å². The van der Waals surface area contributed by atoms with Crippen molar-refractivity contribution in [3.05, 3.63) is 35.9 Å². The van der Waals surface area contributed by atoms with Gasteiger partial charge in [-0.2, -0.15) is 10.2 Å². The van der Waals surface area contributed by atoms with Crippen molar-refractivity contribution < 1.29 is 4.79 Å². The molecule has 1 N–H and O–H groups in total. The molecule has 0 atom stereocenters. The number of nitrogens with zero attached hydrogens (tertiary/aromatic N) is 4. The summed E-state index contributed by atoms with van der Waals surface area (Å²) in [7, 11) is 1.82. The van der Waals surface area contributed by atoms with Crippen molar-refractivity contribution in [3.8, 4) is 0 Å². The summed E-state index contributed by atoms with van der Waals surface area (Å²) in [6, 6.07) is 2.02. The van der Waals surface area contributed by atoms with Crippen LogP contribution in [0.15, 0.2) is 24.7 Å². The van der Waals surface area contributed by atoms with Crippen molar-refractivity contribution in [2.45, 2.75) is 18.8 Å². The van der Waals surface area contributed by atoms with E-state index in [0.29, 0.717) is 11.5 Å². The molecule has 3 heterocycles. The molecule has 6 nitrogen and oxygen atoms in total. The maximum atomic E-state index is 12.3. The average Bonchev–Trinajstić information content (AvgIpc) is 3.09. The number of hydrogen-bond donors (Lipinski definition) is 1. The largest absolute Gasteiger partial charge is 0.339 e. The van der Waals surface area contributed by atoms with E-state index in [0.717, 1.165) is 25.9 Å². The minimum Gasteiger partial charge on any atom is -0.339 e. The molecular weight excluding hydrogens is 242 g/mol. The molecular formula is C13H17N5O. The zero-order valence-corrected chi connectivity index (χ0v) is 10.9. The van der Waals surface area contributed by atoms with Gasteiger partial charge in [-0.3, -0.25) is 14.6 Å². The van der Waals surface area contributed by atoms with Crippen LogP contribution in [0.25, 0.3) is 0 Å². The van der Waals surface area contributed by atoms with Gasteiger partial charge in [-0.05, 0) is 18.9 Å². The van der Waals surface area contributed by atoms with Gasteiger partial charge in [0.1, 0.15) is 0 Å². The van der Waals surface area contributed by atoms with Gasteiger partial charge in [0.05, 0.1) is 11.8 Å². The second kappa shape index (κ2) is 4.87. The fraction of sp³-hybridized carbons (Fsp3) is 0.462. The van der Waals surface area contributed by atoms with Crippen LogP contribution in [-0.4, -0.2) is 43.9 Å². The Morgan fingerprint density at radius 3 is 2.79 bits per heavy atom. The summed E-state index contributed by atoms with van der Waals surface area (Å²) in [5.74, 6) is 0.566. The highest BCUT2D eigenvalue weighted by atomic mass is 16.2. The number of aromatic nitrogens is 4. The van der Waals surface area contributed by atoms with Crippen LogP contribution in [-0.2, 0) is 7.05 Å². The van der Waals surface area contributed by atoms with E-state index in [1.54, 1.807) is 23.3 Å². The molecule has 2 aromatic heterocycles. The number of nitrogens with one attached hydrogen (secondary N) is 1. The highest BCUT2D eigenvalue weighted by Crippen LogP contribution is 2.26. The topological polar surface area (TPSA) is 66.8 Å². The van der Waals surface area contributed by atoms with Crippen molar-refractivity contribution in [2.75, 3.05) is 13.1 Å². The Morgan fingerprint density at radius 2 is 2.21 bits per heavy atom. The molecule has 1 aliphatic heterocycles. The van der Waals surface area contributed by atoms with Gasteiger partial charge in [-0.25, -0.2) is 0 Å². The molecule has 0 saturated carbocycles. The number of aromatic amines is 1. The maximum Gasteiger partial charge on any atom is 0.257 e. The smallest absolute Gasteiger partial charge is 0.257 e. The number of piperidine rings is 1. The number of hydrogen-bond acceptors (Lipinski definition) is 3. The van der Waals surface area contributed by atoms with Crippen molar-refractivity contribution in [2.24, 2.45) is 7.05 Å². The molecule has 0 bridgehead atoms. The van der Waals surface area contributed by atoms with Gasteiger partial charge in [-0.15, -0.1) is 0 Å². The third-order valence-electron chi connectivity index (χ3n) is 3.70. The summed E-state index contributed by atoms with van der Waals surface area (Å²) in [4.78, 5) is 14.2. The SMILES string of the molecule is Cn1cc(C(=O)N2CCC(c3ccn[nH]3)CC2)cn1. The molecule has 19 heavy (non-hydrogen) atoms. The summed E-state index contributed by atoms with van der Waals surface area (Å²) in [5.41, 5.74) is 1.84. The van der Waals surface area contributed by atoms with Crippen LogP contribution >= 0.6 is 0 Å². The molecule has 3 rings (SSSR count). The molecule has 1 saturated heterocycles. The number of H-pyrrole nitrogens is 1. The van der Waals surface area contributed by atoms with Crippen LogP contribution in [0.4, 0.5) is 0 Å². The molecule has 6 heteroatoms. The van der Waals surface area contributed by atoms with E-state index in [4.69, 9.17) is 0 Å². The number of carbonyl (C=O) groups is 1. The van der Waals surface area contributed by atoms with Crippen LogP contribution in [0.2, 0.25) is 0 Å². The summed E-state index contributed by atoms with van der Waals surface area (Å²) >= 11 is 0. The number of aryl methyl sites for hydroxylation is 1. The van der Waals surface area contributed by atoms with Crippen molar-refractivity contribution in [1.82, 2.24) is 24.9 Å². The van der Waals surface area contributed by atoms with Crippen LogP contribution in [0, 0.1) is 0 Å². The van der Waals surface area contributed by atoms with Gasteiger partial charge in [0.25, 0.3) is 5.91 Å². The molecule has 1 amide bonds. The summed E-state index contributed by atoms with van der Waals surface area (Å²) in [6.45, 7) is 1.58. The van der Waals surface area contributed by atoms with E-state index in [9.17, 15) is 4.79 Å². The van der Waals surface area contributed by atoms with Crippen molar-refractivity contribution in [1.29, 1.82) is 0 Å². The van der Waals surface area contributed by atoms with E-state index in [2.05, 4.69) is 15.3 Å². The third-order valence-corrected chi connectivity index (χ3v) is 3.70.